The van der Waals surface area contributed by atoms with Gasteiger partial charge >= 0.3 is 5.97 Å². The Morgan fingerprint density at radius 1 is 1.30 bits per heavy atom. The molecule has 1 amide bonds. The van der Waals surface area contributed by atoms with Crippen molar-refractivity contribution in [1.82, 2.24) is 9.97 Å². The van der Waals surface area contributed by atoms with Crippen LogP contribution in [0, 0.1) is 0 Å². The van der Waals surface area contributed by atoms with Crippen LogP contribution in [-0.4, -0.2) is 43.6 Å². The minimum atomic E-state index is -3.71. The van der Waals surface area contributed by atoms with Crippen molar-refractivity contribution >= 4 is 49.7 Å². The van der Waals surface area contributed by atoms with Crippen molar-refractivity contribution in [3.05, 3.63) is 32.9 Å². The van der Waals surface area contributed by atoms with Gasteiger partial charge in [-0.05, 0) is 31.2 Å². The normalized spacial score (nSPS) is 13.7. The lowest BCUT2D eigenvalue weighted by Gasteiger charge is -2.11. The number of rotatable bonds is 4. The van der Waals surface area contributed by atoms with Crippen LogP contribution in [-0.2, 0) is 27.4 Å². The molecule has 144 valence electrons. The first-order valence-corrected chi connectivity index (χ1v) is 11.1. The lowest BCUT2D eigenvalue weighted by Crippen LogP contribution is -2.18. The van der Waals surface area contributed by atoms with E-state index in [1.165, 1.54) is 18.4 Å². The Hall–Kier alpha value is -2.04. The lowest BCUT2D eigenvalue weighted by atomic mass is 9.95. The molecule has 0 aromatic carbocycles. The quantitative estimate of drug-likeness (QED) is 0.586. The number of hydrogen-bond donors (Lipinski definition) is 1. The van der Waals surface area contributed by atoms with Gasteiger partial charge in [-0.25, -0.2) is 23.2 Å². The van der Waals surface area contributed by atoms with E-state index in [2.05, 4.69) is 15.3 Å². The molecule has 11 heteroatoms. The summed E-state index contributed by atoms with van der Waals surface area (Å²) in [6.07, 6.45) is 5.51. The summed E-state index contributed by atoms with van der Waals surface area (Å²) in [5.74, 6) is -1.26. The number of fused-ring (bicyclic) bond motifs is 1. The fraction of sp³-hybridized carbons (Fsp3) is 0.375. The Balaban J connectivity index is 2.00. The molecule has 2 aromatic rings. The van der Waals surface area contributed by atoms with Gasteiger partial charge in [0.2, 0.25) is 15.0 Å². The van der Waals surface area contributed by atoms with Crippen LogP contribution in [0.25, 0.3) is 0 Å². The number of amides is 1. The van der Waals surface area contributed by atoms with Gasteiger partial charge in [-0.3, -0.25) is 4.79 Å². The Kier molecular flexibility index (Phi) is 5.50. The van der Waals surface area contributed by atoms with E-state index in [-0.39, 0.29) is 10.7 Å². The number of halogens is 1. The first-order valence-electron chi connectivity index (χ1n) is 7.99. The minimum Gasteiger partial charge on any atom is -0.465 e. The molecule has 0 saturated heterocycles. The van der Waals surface area contributed by atoms with E-state index in [1.54, 1.807) is 0 Å². The molecule has 0 atom stereocenters. The van der Waals surface area contributed by atoms with Crippen LogP contribution in [0.3, 0.4) is 0 Å². The molecule has 0 spiro atoms. The van der Waals surface area contributed by atoms with Gasteiger partial charge in [0.25, 0.3) is 5.91 Å². The number of aryl methyl sites for hydroxylation is 1. The van der Waals surface area contributed by atoms with Crippen LogP contribution < -0.4 is 5.32 Å². The van der Waals surface area contributed by atoms with E-state index in [0.29, 0.717) is 10.6 Å². The van der Waals surface area contributed by atoms with Crippen molar-refractivity contribution in [2.24, 2.45) is 0 Å². The molecule has 0 aliphatic heterocycles. The zero-order chi connectivity index (χ0) is 19.8. The highest BCUT2D eigenvalue weighted by atomic mass is 35.5. The van der Waals surface area contributed by atoms with Gasteiger partial charge in [-0.1, -0.05) is 11.6 Å². The Morgan fingerprint density at radius 2 is 2.00 bits per heavy atom. The molecular formula is C16H16ClN3O5S2. The third-order valence-corrected chi connectivity index (χ3v) is 6.40. The van der Waals surface area contributed by atoms with Crippen molar-refractivity contribution in [1.29, 1.82) is 0 Å². The summed E-state index contributed by atoms with van der Waals surface area (Å²) in [4.78, 5) is 33.3. The summed E-state index contributed by atoms with van der Waals surface area (Å²) in [5, 5.41) is 2.37. The number of carbonyl (C=O) groups excluding carboxylic acids is 2. The summed E-state index contributed by atoms with van der Waals surface area (Å²) in [5.41, 5.74) is 0.937. The maximum Gasteiger partial charge on any atom is 0.341 e. The van der Waals surface area contributed by atoms with E-state index in [1.807, 2.05) is 0 Å². The van der Waals surface area contributed by atoms with Crippen molar-refractivity contribution in [3.63, 3.8) is 0 Å². The number of sulfone groups is 1. The second-order valence-electron chi connectivity index (χ2n) is 5.98. The molecule has 3 rings (SSSR count). The number of hydrogen-bond acceptors (Lipinski definition) is 8. The van der Waals surface area contributed by atoms with Gasteiger partial charge in [0.15, 0.2) is 5.69 Å². The SMILES string of the molecule is COC(=O)c1c(NC(=O)c2nc(S(C)(=O)=O)ncc2Cl)sc2c1CCCC2. The van der Waals surface area contributed by atoms with Crippen LogP contribution in [0.1, 0.15) is 44.1 Å². The molecule has 2 aromatic heterocycles. The number of esters is 1. The van der Waals surface area contributed by atoms with Crippen LogP contribution in [0.2, 0.25) is 5.02 Å². The third kappa shape index (κ3) is 3.97. The first kappa shape index (κ1) is 19.7. The van der Waals surface area contributed by atoms with Gasteiger partial charge in [-0.15, -0.1) is 11.3 Å². The maximum atomic E-state index is 12.7. The molecular weight excluding hydrogens is 414 g/mol. The van der Waals surface area contributed by atoms with Crippen LogP contribution in [0.5, 0.6) is 0 Å². The molecule has 8 nitrogen and oxygen atoms in total. The zero-order valence-corrected chi connectivity index (χ0v) is 16.9. The zero-order valence-electron chi connectivity index (χ0n) is 14.5. The average Bonchev–Trinajstić information content (AvgIpc) is 2.98. The predicted octanol–water partition coefficient (Wildman–Crippen LogP) is 2.51. The van der Waals surface area contributed by atoms with Crippen LogP contribution in [0.4, 0.5) is 5.00 Å². The highest BCUT2D eigenvalue weighted by molar-refractivity contribution is 7.90. The number of nitrogens with one attached hydrogen (secondary N) is 1. The van der Waals surface area contributed by atoms with E-state index in [4.69, 9.17) is 16.3 Å². The number of methoxy groups -OCH3 is 1. The minimum absolute atomic E-state index is 0.0964. The Bertz CT molecular complexity index is 1030. The average molecular weight is 430 g/mol. The molecule has 27 heavy (non-hydrogen) atoms. The Morgan fingerprint density at radius 3 is 2.67 bits per heavy atom. The van der Waals surface area contributed by atoms with E-state index in [9.17, 15) is 18.0 Å². The standard InChI is InChI=1S/C16H16ClN3O5S2/c1-25-15(22)11-8-5-3-4-6-10(8)26-14(11)20-13(21)12-9(17)7-18-16(19-12)27(2,23)24/h7H,3-6H2,1-2H3,(H,20,21). The first-order chi connectivity index (χ1) is 12.7. The highest BCUT2D eigenvalue weighted by Crippen LogP contribution is 2.38. The molecule has 0 saturated carbocycles. The number of aromatic nitrogens is 2. The molecule has 0 fully saturated rings. The van der Waals surface area contributed by atoms with Gasteiger partial charge in [0.05, 0.1) is 23.9 Å². The van der Waals surface area contributed by atoms with Crippen molar-refractivity contribution in [2.75, 3.05) is 18.7 Å². The molecule has 0 bridgehead atoms. The van der Waals surface area contributed by atoms with E-state index in [0.717, 1.165) is 48.6 Å². The van der Waals surface area contributed by atoms with Gasteiger partial charge in [0, 0.05) is 11.1 Å². The monoisotopic (exact) mass is 429 g/mol. The summed E-state index contributed by atoms with van der Waals surface area (Å²) >= 11 is 7.28. The smallest absolute Gasteiger partial charge is 0.341 e. The molecule has 2 heterocycles. The Labute approximate surface area is 164 Å². The number of anilines is 1. The third-order valence-electron chi connectivity index (χ3n) is 4.06. The van der Waals surface area contributed by atoms with Crippen molar-refractivity contribution < 1.29 is 22.7 Å². The van der Waals surface area contributed by atoms with Crippen molar-refractivity contribution in [2.45, 2.75) is 30.8 Å². The van der Waals surface area contributed by atoms with Gasteiger partial charge in [0.1, 0.15) is 5.00 Å². The van der Waals surface area contributed by atoms with Crippen LogP contribution >= 0.6 is 22.9 Å². The number of carbonyl (C=O) groups is 2. The lowest BCUT2D eigenvalue weighted by molar-refractivity contribution is 0.0601. The summed E-state index contributed by atoms with van der Waals surface area (Å²) in [7, 11) is -2.43. The highest BCUT2D eigenvalue weighted by Gasteiger charge is 2.28. The topological polar surface area (TPSA) is 115 Å². The number of nitrogens with zero attached hydrogens (tertiary/aromatic N) is 2. The second kappa shape index (κ2) is 7.53. The molecule has 0 unspecified atom stereocenters. The van der Waals surface area contributed by atoms with Gasteiger partial charge < -0.3 is 10.1 Å². The maximum absolute atomic E-state index is 12.7. The predicted molar refractivity (Wildman–Crippen MR) is 100 cm³/mol. The molecule has 1 aliphatic rings. The van der Waals surface area contributed by atoms with Crippen LogP contribution in [0.15, 0.2) is 11.4 Å². The summed E-state index contributed by atoms with van der Waals surface area (Å²) in [6, 6.07) is 0. The van der Waals surface area contributed by atoms with E-state index < -0.39 is 26.9 Å². The fourth-order valence-electron chi connectivity index (χ4n) is 2.82. The number of ether oxygens (including phenoxy) is 1. The van der Waals surface area contributed by atoms with Crippen molar-refractivity contribution in [3.8, 4) is 0 Å². The molecule has 1 aliphatic carbocycles. The number of thiophene rings is 1. The molecule has 1 N–H and O–H groups in total. The fourth-order valence-corrected chi connectivity index (χ4v) is 4.77. The molecule has 0 radical (unpaired) electrons. The van der Waals surface area contributed by atoms with E-state index >= 15 is 0 Å². The summed E-state index contributed by atoms with van der Waals surface area (Å²) in [6.45, 7) is 0. The van der Waals surface area contributed by atoms with Gasteiger partial charge in [-0.2, -0.15) is 0 Å². The second-order valence-corrected chi connectivity index (χ2v) is 9.40. The largest absolute Gasteiger partial charge is 0.465 e. The summed E-state index contributed by atoms with van der Waals surface area (Å²) < 4.78 is 28.1.